The molecule has 0 bridgehead atoms. The zero-order valence-electron chi connectivity index (χ0n) is 17.2. The first-order valence-corrected chi connectivity index (χ1v) is 10.2. The molecule has 0 spiro atoms. The van der Waals surface area contributed by atoms with Gasteiger partial charge in [0, 0.05) is 36.7 Å². The van der Waals surface area contributed by atoms with E-state index in [4.69, 9.17) is 0 Å². The average Bonchev–Trinajstić information content (AvgIpc) is 2.76. The smallest absolute Gasteiger partial charge is 0.229 e. The molecule has 5 nitrogen and oxygen atoms in total. The summed E-state index contributed by atoms with van der Waals surface area (Å²) in [5, 5.41) is 3.05. The van der Waals surface area contributed by atoms with Gasteiger partial charge in [-0.25, -0.2) is 14.4 Å². The number of rotatable bonds is 4. The number of hydrogen-bond donors (Lipinski definition) is 1. The third-order valence-corrected chi connectivity index (χ3v) is 5.65. The van der Waals surface area contributed by atoms with E-state index in [0.29, 0.717) is 12.5 Å². The van der Waals surface area contributed by atoms with Gasteiger partial charge in [0.25, 0.3) is 0 Å². The van der Waals surface area contributed by atoms with E-state index in [9.17, 15) is 9.18 Å². The van der Waals surface area contributed by atoms with Crippen LogP contribution in [0.25, 0.3) is 11.1 Å². The molecule has 1 fully saturated rings. The Labute approximate surface area is 176 Å². The molecule has 1 aromatic heterocycles. The van der Waals surface area contributed by atoms with Crippen LogP contribution in [0.4, 0.5) is 16.0 Å². The Balaban J connectivity index is 1.43. The molecular weight excluding hydrogens is 379 g/mol. The Morgan fingerprint density at radius 1 is 1.07 bits per heavy atom. The topological polar surface area (TPSA) is 58.1 Å². The first-order valence-electron chi connectivity index (χ1n) is 10.2. The Kier molecular flexibility index (Phi) is 5.74. The number of nitrogens with one attached hydrogen (secondary N) is 1. The van der Waals surface area contributed by atoms with E-state index < -0.39 is 0 Å². The van der Waals surface area contributed by atoms with E-state index in [1.165, 1.54) is 17.7 Å². The van der Waals surface area contributed by atoms with Gasteiger partial charge in [0.2, 0.25) is 11.9 Å². The molecule has 30 heavy (non-hydrogen) atoms. The first-order chi connectivity index (χ1) is 14.5. The van der Waals surface area contributed by atoms with Crippen LogP contribution in [0.3, 0.4) is 0 Å². The van der Waals surface area contributed by atoms with Crippen LogP contribution in [0.1, 0.15) is 24.0 Å². The summed E-state index contributed by atoms with van der Waals surface area (Å²) in [5.74, 6) is 0.218. The third-order valence-electron chi connectivity index (χ3n) is 5.65. The molecule has 1 atom stereocenters. The van der Waals surface area contributed by atoms with Crippen molar-refractivity contribution >= 4 is 17.5 Å². The Morgan fingerprint density at radius 3 is 2.60 bits per heavy atom. The van der Waals surface area contributed by atoms with E-state index in [0.717, 1.165) is 41.8 Å². The lowest BCUT2D eigenvalue weighted by Crippen LogP contribution is -2.41. The highest BCUT2D eigenvalue weighted by Gasteiger charge is 2.27. The maximum Gasteiger partial charge on any atom is 0.229 e. The average molecular weight is 404 g/mol. The molecule has 6 heteroatoms. The van der Waals surface area contributed by atoms with Crippen molar-refractivity contribution in [2.45, 2.75) is 26.7 Å². The van der Waals surface area contributed by atoms with Crippen LogP contribution in [0, 0.1) is 25.6 Å². The van der Waals surface area contributed by atoms with Crippen LogP contribution in [0.5, 0.6) is 0 Å². The summed E-state index contributed by atoms with van der Waals surface area (Å²) in [6.45, 7) is 5.49. The van der Waals surface area contributed by atoms with Gasteiger partial charge in [0.15, 0.2) is 0 Å². The predicted octanol–water partition coefficient (Wildman–Crippen LogP) is 4.75. The van der Waals surface area contributed by atoms with Crippen molar-refractivity contribution in [1.29, 1.82) is 0 Å². The van der Waals surface area contributed by atoms with Crippen LogP contribution in [-0.2, 0) is 4.79 Å². The molecule has 4 rings (SSSR count). The minimum Gasteiger partial charge on any atom is -0.340 e. The molecular formula is C24H25FN4O. The van der Waals surface area contributed by atoms with Gasteiger partial charge in [-0.2, -0.15) is 0 Å². The molecule has 1 aliphatic rings. The van der Waals surface area contributed by atoms with Gasteiger partial charge in [-0.15, -0.1) is 0 Å². The van der Waals surface area contributed by atoms with E-state index >= 15 is 0 Å². The molecule has 1 saturated heterocycles. The second-order valence-electron chi connectivity index (χ2n) is 7.86. The summed E-state index contributed by atoms with van der Waals surface area (Å²) < 4.78 is 13.5. The fourth-order valence-corrected chi connectivity index (χ4v) is 3.74. The summed E-state index contributed by atoms with van der Waals surface area (Å²) in [6, 6.07) is 12.3. The fraction of sp³-hybridized carbons (Fsp3) is 0.292. The van der Waals surface area contributed by atoms with E-state index in [1.54, 1.807) is 18.5 Å². The lowest BCUT2D eigenvalue weighted by Gasteiger charge is -2.32. The van der Waals surface area contributed by atoms with Gasteiger partial charge in [0.05, 0.1) is 5.92 Å². The summed E-state index contributed by atoms with van der Waals surface area (Å²) in [7, 11) is 0. The van der Waals surface area contributed by atoms with Crippen molar-refractivity contribution in [3.8, 4) is 11.1 Å². The minimum absolute atomic E-state index is 0.0272. The number of amides is 1. The SMILES string of the molecule is Cc1ccc(NC(=O)C2CCCN(c3ncc(-c4cccc(F)c4)cn3)C2)cc1C. The standard InChI is InChI=1S/C24H25FN4O/c1-16-8-9-22(11-17(16)2)28-23(30)19-6-4-10-29(15-19)24-26-13-20(14-27-24)18-5-3-7-21(25)12-18/h3,5,7-9,11-14,19H,4,6,10,15H2,1-2H3,(H,28,30). The number of aromatic nitrogens is 2. The Hall–Kier alpha value is -3.28. The van der Waals surface area contributed by atoms with E-state index in [-0.39, 0.29) is 17.6 Å². The van der Waals surface area contributed by atoms with Gasteiger partial charge in [-0.05, 0) is 67.6 Å². The molecule has 154 valence electrons. The number of anilines is 2. The van der Waals surface area contributed by atoms with Crippen LogP contribution in [0.15, 0.2) is 54.9 Å². The van der Waals surface area contributed by atoms with Crippen molar-refractivity contribution in [1.82, 2.24) is 9.97 Å². The lowest BCUT2D eigenvalue weighted by atomic mass is 9.97. The van der Waals surface area contributed by atoms with Gasteiger partial charge in [0.1, 0.15) is 5.82 Å². The van der Waals surface area contributed by atoms with E-state index in [2.05, 4.69) is 22.2 Å². The molecule has 2 heterocycles. The van der Waals surface area contributed by atoms with Gasteiger partial charge in [-0.1, -0.05) is 18.2 Å². The molecule has 1 unspecified atom stereocenters. The fourth-order valence-electron chi connectivity index (χ4n) is 3.74. The normalized spacial score (nSPS) is 16.4. The molecule has 2 aromatic carbocycles. The number of hydrogen-bond acceptors (Lipinski definition) is 4. The third kappa shape index (κ3) is 4.48. The molecule has 0 radical (unpaired) electrons. The Bertz CT molecular complexity index is 1050. The van der Waals surface area contributed by atoms with Crippen molar-refractivity contribution in [2.75, 3.05) is 23.3 Å². The van der Waals surface area contributed by atoms with E-state index in [1.807, 2.05) is 36.1 Å². The van der Waals surface area contributed by atoms with Crippen molar-refractivity contribution in [2.24, 2.45) is 5.92 Å². The van der Waals surface area contributed by atoms with Crippen LogP contribution < -0.4 is 10.2 Å². The second-order valence-corrected chi connectivity index (χ2v) is 7.86. The predicted molar refractivity (Wildman–Crippen MR) is 117 cm³/mol. The molecule has 1 aliphatic heterocycles. The molecule has 0 saturated carbocycles. The van der Waals surface area contributed by atoms with Gasteiger partial charge < -0.3 is 10.2 Å². The zero-order chi connectivity index (χ0) is 21.1. The van der Waals surface area contributed by atoms with Crippen LogP contribution in [0.2, 0.25) is 0 Å². The van der Waals surface area contributed by atoms with Crippen molar-refractivity contribution in [3.63, 3.8) is 0 Å². The summed E-state index contributed by atoms with van der Waals surface area (Å²) in [4.78, 5) is 23.8. The second kappa shape index (κ2) is 8.61. The number of nitrogens with zero attached hydrogens (tertiary/aromatic N) is 3. The van der Waals surface area contributed by atoms with Crippen LogP contribution >= 0.6 is 0 Å². The number of benzene rings is 2. The maximum absolute atomic E-state index is 13.5. The summed E-state index contributed by atoms with van der Waals surface area (Å²) >= 11 is 0. The number of carbonyl (C=O) groups excluding carboxylic acids is 1. The van der Waals surface area contributed by atoms with Crippen molar-refractivity contribution in [3.05, 3.63) is 71.8 Å². The lowest BCUT2D eigenvalue weighted by molar-refractivity contribution is -0.120. The van der Waals surface area contributed by atoms with Gasteiger partial charge in [-0.3, -0.25) is 4.79 Å². The number of aryl methyl sites for hydroxylation is 2. The maximum atomic E-state index is 13.5. The monoisotopic (exact) mass is 404 g/mol. The van der Waals surface area contributed by atoms with Crippen LogP contribution in [-0.4, -0.2) is 29.0 Å². The highest BCUT2D eigenvalue weighted by atomic mass is 19.1. The first kappa shape index (κ1) is 20.0. The van der Waals surface area contributed by atoms with Gasteiger partial charge >= 0.3 is 0 Å². The summed E-state index contributed by atoms with van der Waals surface area (Å²) in [5.41, 5.74) is 4.70. The highest BCUT2D eigenvalue weighted by Crippen LogP contribution is 2.24. The Morgan fingerprint density at radius 2 is 1.87 bits per heavy atom. The molecule has 3 aromatic rings. The highest BCUT2D eigenvalue weighted by molar-refractivity contribution is 5.93. The molecule has 1 amide bonds. The number of piperidine rings is 1. The minimum atomic E-state index is -0.287. The largest absolute Gasteiger partial charge is 0.340 e. The molecule has 0 aliphatic carbocycles. The zero-order valence-corrected chi connectivity index (χ0v) is 17.2. The number of carbonyl (C=O) groups is 1. The summed E-state index contributed by atoms with van der Waals surface area (Å²) in [6.07, 6.45) is 5.15. The van der Waals surface area contributed by atoms with Crippen molar-refractivity contribution < 1.29 is 9.18 Å². The number of halogens is 1. The molecule has 1 N–H and O–H groups in total. The quantitative estimate of drug-likeness (QED) is 0.681.